The van der Waals surface area contributed by atoms with Gasteiger partial charge in [-0.25, -0.2) is 4.39 Å². The van der Waals surface area contributed by atoms with Crippen molar-refractivity contribution in [3.63, 3.8) is 0 Å². The topological polar surface area (TPSA) is 201 Å². The van der Waals surface area contributed by atoms with Gasteiger partial charge in [0.25, 0.3) is 0 Å². The van der Waals surface area contributed by atoms with Gasteiger partial charge in [-0.1, -0.05) is 256 Å². The Morgan fingerprint density at radius 3 is 1.38 bits per heavy atom. The van der Waals surface area contributed by atoms with E-state index >= 15 is 0 Å². The van der Waals surface area contributed by atoms with Crippen LogP contribution in [0.25, 0.3) is 0 Å². The Morgan fingerprint density at radius 1 is 0.447 bits per heavy atom. The van der Waals surface area contributed by atoms with E-state index in [9.17, 15) is 43.1 Å². The molecule has 0 aromatic heterocycles. The second-order valence-electron chi connectivity index (χ2n) is 31.3. The number of Topliss-reactive ketones (excluding diaryl/α,β-unsaturated/α-hetero) is 7. The number of carbonyl (C=O) groups is 7. The Balaban J connectivity index is 0.000000601. The van der Waals surface area contributed by atoms with E-state index in [1.807, 2.05) is 164 Å². The maximum atomic E-state index is 13.4. The summed E-state index contributed by atoms with van der Waals surface area (Å²) < 4.78 is 18.9. The van der Waals surface area contributed by atoms with Crippen molar-refractivity contribution in [1.82, 2.24) is 0 Å². The van der Waals surface area contributed by atoms with Gasteiger partial charge in [0.1, 0.15) is 28.9 Å². The van der Waals surface area contributed by atoms with Crippen molar-refractivity contribution in [3.05, 3.63) is 213 Å². The molecule has 103 heavy (non-hydrogen) atoms. The highest BCUT2D eigenvalue weighted by molar-refractivity contribution is 7.98. The van der Waals surface area contributed by atoms with Crippen LogP contribution >= 0.6 is 105 Å². The fourth-order valence-electron chi connectivity index (χ4n) is 8.15. The molecule has 0 saturated carbocycles. The van der Waals surface area contributed by atoms with Crippen LogP contribution in [0.15, 0.2) is 138 Å². The summed E-state index contributed by atoms with van der Waals surface area (Å²) in [4.78, 5) is 84.0. The van der Waals surface area contributed by atoms with Crippen LogP contribution in [-0.4, -0.2) is 57.9 Å². The van der Waals surface area contributed by atoms with Crippen LogP contribution in [-0.2, 0) is 27.2 Å². The predicted octanol–water partition coefficient (Wildman–Crippen LogP) is 25.4. The zero-order valence-electron chi connectivity index (χ0n) is 63.4. The second-order valence-corrected chi connectivity index (χ2v) is 35.4. The summed E-state index contributed by atoms with van der Waals surface area (Å²) in [5.74, 6) is 0.705. The molecule has 0 fully saturated rings. The Labute approximate surface area is 655 Å². The average molecular weight is 1590 g/mol. The third kappa shape index (κ3) is 33.2. The van der Waals surface area contributed by atoms with Crippen molar-refractivity contribution >= 4 is 156 Å². The number of ketones is 7. The Bertz CT molecular complexity index is 4050. The largest absolute Gasteiger partial charge is 0.506 e. The van der Waals surface area contributed by atoms with Gasteiger partial charge in [-0.15, -0.1) is 11.8 Å². The molecule has 1 unspecified atom stereocenters. The van der Waals surface area contributed by atoms with Gasteiger partial charge < -0.3 is 21.3 Å². The number of nitrogen functional groups attached to an aromatic ring is 2. The first-order valence-electron chi connectivity index (χ1n) is 32.8. The highest BCUT2D eigenvalue weighted by Crippen LogP contribution is 2.34. The molecule has 562 valence electrons. The number of phenolic OH excluding ortho intramolecular Hbond substituents is 1. The standard InChI is InChI=1S/C13H17ClO2.C12H14ClFO.C12H15ClO2.C12H15ClOS.C11H12Cl2O.2C11H14ClNO/c1-9(12(15)13(2,3)4)16-11-7-5-10(14)6-8-11;1-12(2,3)11(15)7-8-9(13)5-4-6-10(8)14;1-12(2,3)11(15)7-8-4-5-10(14)9(13)6-8;1-12(2,3)11(14)9-7-8(15-4)5-6-10(9)13;1-11(2,3)10(14)7-5-4-6-8(12)9(7)13;1-11(2,3)10(14)8-5-4-7(13)6-9(8)12;1-11(2,3)10(14)7-4-5-8(12)9(13)6-7/h5-9H,1-4H3;4-6H,7H2,1-3H3;4-6,14H,7H2,1-3H3;5-7H,1-4H3;4-6H,1-3H3;2*4-6H,13H2,1-3H3. The molecule has 0 bridgehead atoms. The number of benzene rings is 7. The smallest absolute Gasteiger partial charge is 0.178 e. The van der Waals surface area contributed by atoms with Crippen LogP contribution in [0.1, 0.15) is 205 Å². The summed E-state index contributed by atoms with van der Waals surface area (Å²) >= 11 is 48.4. The van der Waals surface area contributed by atoms with Crippen molar-refractivity contribution in [1.29, 1.82) is 0 Å². The lowest BCUT2D eigenvalue weighted by atomic mass is 9.86. The summed E-state index contributed by atoms with van der Waals surface area (Å²) in [5, 5.41) is 12.7. The number of thioether (sulfide) groups is 1. The lowest BCUT2D eigenvalue weighted by molar-refractivity contribution is -0.132. The molecule has 1 atom stereocenters. The van der Waals surface area contributed by atoms with E-state index < -0.39 is 28.2 Å². The number of nitrogens with two attached hydrogens (primary N) is 2. The Kier molecular flexibility index (Phi) is 37.5. The van der Waals surface area contributed by atoms with Crippen LogP contribution < -0.4 is 16.2 Å². The number of aromatic hydroxyl groups is 1. The predicted molar refractivity (Wildman–Crippen MR) is 433 cm³/mol. The number of ether oxygens (including phenoxy) is 1. The molecule has 0 amide bonds. The zero-order valence-corrected chi connectivity index (χ0v) is 70.2. The Morgan fingerprint density at radius 2 is 0.922 bits per heavy atom. The fourth-order valence-corrected chi connectivity index (χ4v) is 10.1. The Hall–Kier alpha value is -5.97. The molecule has 0 aliphatic carbocycles. The fraction of sp³-hybridized carbons (Fsp3) is 0.402. The normalized spacial score (nSPS) is 11.8. The number of hydrogen-bond acceptors (Lipinski definition) is 12. The van der Waals surface area contributed by atoms with Crippen molar-refractivity contribution in [3.8, 4) is 11.5 Å². The van der Waals surface area contributed by atoms with E-state index in [0.717, 1.165) is 10.5 Å². The van der Waals surface area contributed by atoms with Crippen molar-refractivity contribution in [2.45, 2.75) is 176 Å². The molecule has 0 spiro atoms. The molecule has 0 saturated heterocycles. The van der Waals surface area contributed by atoms with E-state index in [1.54, 1.807) is 122 Å². The van der Waals surface area contributed by atoms with Crippen molar-refractivity contribution in [2.24, 2.45) is 37.9 Å². The van der Waals surface area contributed by atoms with E-state index in [2.05, 4.69) is 0 Å². The average Bonchev–Trinajstić information content (AvgIpc) is 0.858. The second kappa shape index (κ2) is 40.7. The number of halogens is 9. The number of carbonyl (C=O) groups excluding carboxylic acids is 7. The van der Waals surface area contributed by atoms with E-state index in [1.165, 1.54) is 18.2 Å². The molecule has 0 aliphatic heterocycles. The van der Waals surface area contributed by atoms with Gasteiger partial charge in [0.15, 0.2) is 35.0 Å². The number of anilines is 2. The quantitative estimate of drug-likeness (QED) is 0.0595. The monoisotopic (exact) mass is 1590 g/mol. The first-order chi connectivity index (χ1) is 46.8. The molecule has 5 N–H and O–H groups in total. The highest BCUT2D eigenvalue weighted by Gasteiger charge is 2.31. The summed E-state index contributed by atoms with van der Waals surface area (Å²) in [6.07, 6.45) is 1.94. The molecule has 0 aliphatic rings. The summed E-state index contributed by atoms with van der Waals surface area (Å²) in [6, 6.07) is 36.9. The van der Waals surface area contributed by atoms with Gasteiger partial charge in [0, 0.05) is 99.2 Å². The van der Waals surface area contributed by atoms with Gasteiger partial charge in [-0.05, 0) is 134 Å². The van der Waals surface area contributed by atoms with Gasteiger partial charge in [-0.3, -0.25) is 33.6 Å². The molecule has 11 nitrogen and oxygen atoms in total. The molecular weight excluding hydrogens is 1490 g/mol. The molecule has 0 radical (unpaired) electrons. The van der Waals surface area contributed by atoms with Gasteiger partial charge >= 0.3 is 0 Å². The molecule has 7 aromatic carbocycles. The SMILES string of the molecule is CC(C)(C)C(=O)Cc1c(F)cccc1Cl.CC(C)(C)C(=O)Cc1ccc(O)c(Cl)c1.CC(C)(C)C(=O)c1ccc(Cl)c(N)c1.CC(C)(C)C(=O)c1ccc(N)cc1Cl.CC(C)(C)C(=O)c1cccc(Cl)c1Cl.CC(Oc1ccc(Cl)cc1)C(=O)C(C)(C)C.CSc1ccc(Cl)c(C(=O)C(C)(C)C)c1. The van der Waals surface area contributed by atoms with Crippen molar-refractivity contribution < 1.29 is 47.8 Å². The third-order valence-electron chi connectivity index (χ3n) is 14.5. The van der Waals surface area contributed by atoms with Crippen molar-refractivity contribution in [2.75, 3.05) is 17.7 Å². The summed E-state index contributed by atoms with van der Waals surface area (Å²) in [6.45, 7) is 41.0. The van der Waals surface area contributed by atoms with Crippen LogP contribution in [0, 0.1) is 43.7 Å². The van der Waals surface area contributed by atoms with Gasteiger partial charge in [0.05, 0.1) is 35.8 Å². The highest BCUT2D eigenvalue weighted by atomic mass is 35.5. The first-order valence-corrected chi connectivity index (χ1v) is 37.0. The maximum absolute atomic E-state index is 13.4. The molecular formula is C82H101Cl8FN2O9S. The zero-order chi connectivity index (χ0) is 80.1. The van der Waals surface area contributed by atoms with E-state index in [-0.39, 0.29) is 79.3 Å². The van der Waals surface area contributed by atoms with Crippen LogP contribution in [0.2, 0.25) is 40.2 Å². The molecule has 7 aromatic rings. The maximum Gasteiger partial charge on any atom is 0.178 e. The van der Waals surface area contributed by atoms with Gasteiger partial charge in [0.2, 0.25) is 0 Å². The minimum atomic E-state index is -0.467. The number of rotatable bonds is 12. The van der Waals surface area contributed by atoms with Crippen LogP contribution in [0.4, 0.5) is 15.8 Å². The molecule has 7 rings (SSSR count). The molecule has 0 heterocycles. The van der Waals surface area contributed by atoms with Crippen LogP contribution in [0.3, 0.4) is 0 Å². The lowest BCUT2D eigenvalue weighted by Crippen LogP contribution is -2.34. The first kappa shape index (κ1) is 95.0. The minimum Gasteiger partial charge on any atom is -0.506 e. The third-order valence-corrected chi connectivity index (χ3v) is 18.0. The lowest BCUT2D eigenvalue weighted by Gasteiger charge is -2.22. The van der Waals surface area contributed by atoms with Gasteiger partial charge in [-0.2, -0.15) is 0 Å². The van der Waals surface area contributed by atoms with E-state index in [0.29, 0.717) is 86.5 Å². The van der Waals surface area contributed by atoms with E-state index in [4.69, 9.17) is 109 Å². The minimum absolute atomic E-state index is 0.00463. The number of hydrogen-bond donors (Lipinski definition) is 3. The summed E-state index contributed by atoms with van der Waals surface area (Å²) in [5.41, 5.74) is 12.7. The summed E-state index contributed by atoms with van der Waals surface area (Å²) in [7, 11) is 0. The molecule has 21 heteroatoms. The van der Waals surface area contributed by atoms with Crippen LogP contribution in [0.5, 0.6) is 11.5 Å². The number of phenols is 1.